The number of nitrogens with zero attached hydrogens (tertiary/aromatic N) is 2. The summed E-state index contributed by atoms with van der Waals surface area (Å²) >= 11 is 1.50. The molecule has 2 N–H and O–H groups in total. The van der Waals surface area contributed by atoms with Gasteiger partial charge in [0, 0.05) is 0 Å². The fourth-order valence-corrected chi connectivity index (χ4v) is 7.38. The van der Waals surface area contributed by atoms with Crippen LogP contribution in [-0.2, 0) is 14.4 Å². The molecule has 34 heavy (non-hydrogen) atoms. The Labute approximate surface area is 207 Å². The first-order valence-corrected chi connectivity index (χ1v) is 13.2. The molecule has 2 amide bonds. The lowest BCUT2D eigenvalue weighted by Crippen LogP contribution is -2.73. The maximum atomic E-state index is 12.9. The maximum Gasteiger partial charge on any atom is 0.330 e. The van der Waals surface area contributed by atoms with Crippen LogP contribution in [0.3, 0.4) is 0 Å². The normalized spacial score (nSPS) is 18.3. The van der Waals surface area contributed by atoms with Gasteiger partial charge >= 0.3 is 5.97 Å². The minimum absolute atomic E-state index is 0.265. The van der Waals surface area contributed by atoms with E-state index in [0.29, 0.717) is 11.3 Å². The van der Waals surface area contributed by atoms with Crippen LogP contribution in [0, 0.1) is 0 Å². The number of amides is 2. The van der Waals surface area contributed by atoms with Gasteiger partial charge in [-0.3, -0.25) is 9.59 Å². The molecule has 3 unspecified atom stereocenters. The predicted molar refractivity (Wildman–Crippen MR) is 134 cm³/mol. The molecule has 11 heteroatoms. The summed E-state index contributed by atoms with van der Waals surface area (Å²) in [7, 11) is 2.62. The van der Waals surface area contributed by atoms with Crippen molar-refractivity contribution in [2.75, 3.05) is 6.61 Å². The van der Waals surface area contributed by atoms with Crippen molar-refractivity contribution in [3.63, 3.8) is 0 Å². The second kappa shape index (κ2) is 10.5. The van der Waals surface area contributed by atoms with Crippen molar-refractivity contribution in [3.05, 3.63) is 66.7 Å². The van der Waals surface area contributed by atoms with E-state index in [4.69, 9.17) is 4.74 Å². The Balaban J connectivity index is 1.47. The number of β-lactam (4-membered cyclic amide) rings is 1. The van der Waals surface area contributed by atoms with E-state index in [1.54, 1.807) is 31.2 Å². The highest BCUT2D eigenvalue weighted by Gasteiger charge is 2.54. The molecule has 1 aliphatic rings. The van der Waals surface area contributed by atoms with Crippen LogP contribution in [0.2, 0.25) is 0 Å². The minimum Gasteiger partial charge on any atom is -0.484 e. The molecule has 1 aromatic heterocycles. The molecule has 1 aliphatic heterocycles. The third-order valence-corrected chi connectivity index (χ3v) is 9.01. The number of carbonyl (C=O) groups excluding carboxylic acids is 2. The zero-order chi connectivity index (χ0) is 24.2. The summed E-state index contributed by atoms with van der Waals surface area (Å²) in [6, 6.07) is 14.5. The zero-order valence-corrected chi connectivity index (χ0v) is 20.5. The van der Waals surface area contributed by atoms with E-state index < -0.39 is 35.2 Å². The number of nitrogens with one attached hydrogen (secondary N) is 1. The summed E-state index contributed by atoms with van der Waals surface area (Å²) in [6.45, 7) is 5.03. The van der Waals surface area contributed by atoms with Crippen molar-refractivity contribution >= 4 is 60.9 Å². The third kappa shape index (κ3) is 5.21. The number of benzene rings is 2. The number of ether oxygens (including phenoxy) is 1. The first kappa shape index (κ1) is 24.1. The van der Waals surface area contributed by atoms with E-state index in [2.05, 4.69) is 16.9 Å². The van der Waals surface area contributed by atoms with Gasteiger partial charge in [0.15, 0.2) is 17.0 Å². The van der Waals surface area contributed by atoms with E-state index in [1.165, 1.54) is 37.8 Å². The van der Waals surface area contributed by atoms with Gasteiger partial charge in [0.1, 0.15) is 17.2 Å². The number of para-hydroxylation sites is 2. The lowest BCUT2D eigenvalue weighted by Gasteiger charge is -2.48. The van der Waals surface area contributed by atoms with Gasteiger partial charge in [0.25, 0.3) is 5.91 Å². The van der Waals surface area contributed by atoms with Crippen LogP contribution in [-0.4, -0.2) is 56.8 Å². The maximum absolute atomic E-state index is 12.9. The first-order valence-electron chi connectivity index (χ1n) is 10.2. The number of likely N-dealkylation sites (tertiary alicyclic amines) is 1. The molecular formula is C23H21N3O5S3. The Kier molecular flexibility index (Phi) is 7.44. The summed E-state index contributed by atoms with van der Waals surface area (Å²) in [4.78, 5) is 43.1. The van der Waals surface area contributed by atoms with Crippen LogP contribution < -0.4 is 10.1 Å². The molecule has 0 radical (unpaired) electrons. The zero-order valence-electron chi connectivity index (χ0n) is 18.0. The SMILES string of the molecule is C=C(C)C(C(=O)O)N1C(=O)C(NC(=O)COc2ccccc2)C1SSc1nc2ccccc2s1. The molecule has 0 aliphatic carbocycles. The molecular weight excluding hydrogens is 494 g/mol. The molecule has 4 rings (SSSR count). The number of carboxylic acid groups (broad SMARTS) is 1. The Morgan fingerprint density at radius 1 is 1.24 bits per heavy atom. The standard InChI is InChI=1S/C23H21N3O5S3/c1-13(2)19(22(29)30)26-20(28)18(25-17(27)12-31-14-8-4-3-5-9-14)21(26)33-34-23-24-15-10-6-7-11-16(15)32-23/h3-11,18-19,21H,1,12H2,2H3,(H,25,27)(H,29,30). The average Bonchev–Trinajstić information content (AvgIpc) is 3.24. The number of aromatic nitrogens is 1. The Morgan fingerprint density at radius 2 is 1.94 bits per heavy atom. The molecule has 1 saturated heterocycles. The van der Waals surface area contributed by atoms with Crippen LogP contribution in [0.4, 0.5) is 0 Å². The van der Waals surface area contributed by atoms with E-state index in [9.17, 15) is 19.5 Å². The highest BCUT2D eigenvalue weighted by atomic mass is 33.1. The van der Waals surface area contributed by atoms with Crippen molar-refractivity contribution in [3.8, 4) is 5.75 Å². The average molecular weight is 516 g/mol. The molecule has 0 bridgehead atoms. The summed E-state index contributed by atoms with van der Waals surface area (Å²) in [5.41, 5.74) is 1.19. The van der Waals surface area contributed by atoms with Crippen LogP contribution in [0.1, 0.15) is 6.92 Å². The van der Waals surface area contributed by atoms with Gasteiger partial charge in [-0.15, -0.1) is 11.3 Å². The molecule has 0 spiro atoms. The fourth-order valence-electron chi connectivity index (χ4n) is 3.42. The highest BCUT2D eigenvalue weighted by Crippen LogP contribution is 2.45. The van der Waals surface area contributed by atoms with Gasteiger partial charge in [-0.2, -0.15) is 0 Å². The number of fused-ring (bicyclic) bond motifs is 1. The van der Waals surface area contributed by atoms with E-state index in [-0.39, 0.29) is 6.61 Å². The number of thiazole rings is 1. The molecule has 0 saturated carbocycles. The van der Waals surface area contributed by atoms with E-state index in [1.807, 2.05) is 30.3 Å². The first-order chi connectivity index (χ1) is 16.3. The quantitative estimate of drug-likeness (QED) is 0.238. The predicted octanol–water partition coefficient (Wildman–Crippen LogP) is 3.80. The van der Waals surface area contributed by atoms with Gasteiger partial charge in [-0.25, -0.2) is 9.78 Å². The topological polar surface area (TPSA) is 109 Å². The number of carbonyl (C=O) groups is 3. The summed E-state index contributed by atoms with van der Waals surface area (Å²) in [5, 5.41) is 11.7. The number of carboxylic acids is 1. The second-order valence-electron chi connectivity index (χ2n) is 7.50. The molecule has 3 atom stereocenters. The minimum atomic E-state index is -1.19. The lowest BCUT2D eigenvalue weighted by atomic mass is 9.99. The molecule has 2 heterocycles. The van der Waals surface area contributed by atoms with Crippen LogP contribution >= 0.6 is 32.9 Å². The number of hydrogen-bond donors (Lipinski definition) is 2. The Morgan fingerprint density at radius 3 is 2.62 bits per heavy atom. The Hall–Kier alpha value is -3.02. The van der Waals surface area contributed by atoms with Gasteiger partial charge in [-0.05, 0) is 47.6 Å². The van der Waals surface area contributed by atoms with Crippen molar-refractivity contribution in [1.29, 1.82) is 0 Å². The number of rotatable bonds is 10. The van der Waals surface area contributed by atoms with Gasteiger partial charge in [-0.1, -0.05) is 47.7 Å². The van der Waals surface area contributed by atoms with Crippen molar-refractivity contribution in [2.45, 2.75) is 28.7 Å². The highest BCUT2D eigenvalue weighted by molar-refractivity contribution is 8.77. The van der Waals surface area contributed by atoms with Crippen molar-refractivity contribution in [1.82, 2.24) is 15.2 Å². The van der Waals surface area contributed by atoms with Gasteiger partial charge in [0.05, 0.1) is 10.2 Å². The molecule has 176 valence electrons. The van der Waals surface area contributed by atoms with Crippen molar-refractivity contribution < 1.29 is 24.2 Å². The van der Waals surface area contributed by atoms with Gasteiger partial charge in [0.2, 0.25) is 5.91 Å². The molecule has 1 fully saturated rings. The summed E-state index contributed by atoms with van der Waals surface area (Å²) in [6.07, 6.45) is 0. The molecule has 2 aromatic carbocycles. The number of hydrogen-bond acceptors (Lipinski definition) is 8. The second-order valence-corrected chi connectivity index (χ2v) is 11.1. The lowest BCUT2D eigenvalue weighted by molar-refractivity contribution is -0.159. The molecule has 8 nitrogen and oxygen atoms in total. The molecule has 3 aromatic rings. The summed E-state index contributed by atoms with van der Waals surface area (Å²) in [5.74, 6) is -1.59. The summed E-state index contributed by atoms with van der Waals surface area (Å²) < 4.78 is 7.25. The van der Waals surface area contributed by atoms with Gasteiger partial charge < -0.3 is 20.1 Å². The number of aliphatic carboxylic acids is 1. The van der Waals surface area contributed by atoms with E-state index >= 15 is 0 Å². The Bertz CT molecular complexity index is 1190. The third-order valence-electron chi connectivity index (χ3n) is 4.98. The van der Waals surface area contributed by atoms with Crippen LogP contribution in [0.5, 0.6) is 5.75 Å². The van der Waals surface area contributed by atoms with E-state index in [0.717, 1.165) is 14.6 Å². The fraction of sp³-hybridized carbons (Fsp3) is 0.217. The smallest absolute Gasteiger partial charge is 0.330 e. The monoisotopic (exact) mass is 515 g/mol. The largest absolute Gasteiger partial charge is 0.484 e. The van der Waals surface area contributed by atoms with Crippen LogP contribution in [0.15, 0.2) is 71.1 Å². The van der Waals surface area contributed by atoms with Crippen LogP contribution in [0.25, 0.3) is 10.2 Å². The van der Waals surface area contributed by atoms with Crippen molar-refractivity contribution in [2.24, 2.45) is 0 Å².